The van der Waals surface area contributed by atoms with E-state index in [0.717, 1.165) is 4.68 Å². The van der Waals surface area contributed by atoms with Crippen molar-refractivity contribution in [1.82, 2.24) is 9.78 Å². The standard InChI is InChI=1S/C9H13F3N2O/c1-3-6(4-2)14-8(15)5-7(13-14)9(10,11)12/h5-6,13H,3-4H2,1-2H3. The number of nitrogens with one attached hydrogen (secondary N) is 1. The minimum Gasteiger partial charge on any atom is -0.291 e. The van der Waals surface area contributed by atoms with Gasteiger partial charge in [-0.2, -0.15) is 13.2 Å². The molecule has 1 aromatic heterocycles. The SMILES string of the molecule is CCC(CC)n1[nH]c(C(F)(F)F)cc1=O. The van der Waals surface area contributed by atoms with Gasteiger partial charge in [0.2, 0.25) is 0 Å². The minimum atomic E-state index is -4.49. The molecule has 0 amide bonds. The van der Waals surface area contributed by atoms with Gasteiger partial charge in [-0.25, -0.2) is 4.68 Å². The van der Waals surface area contributed by atoms with Crippen molar-refractivity contribution < 1.29 is 13.2 Å². The summed E-state index contributed by atoms with van der Waals surface area (Å²) >= 11 is 0. The average molecular weight is 222 g/mol. The maximum Gasteiger partial charge on any atom is 0.432 e. The lowest BCUT2D eigenvalue weighted by Gasteiger charge is -2.13. The van der Waals surface area contributed by atoms with Crippen molar-refractivity contribution in [3.8, 4) is 0 Å². The number of aromatic nitrogens is 2. The van der Waals surface area contributed by atoms with Crippen molar-refractivity contribution in [2.75, 3.05) is 0 Å². The monoisotopic (exact) mass is 222 g/mol. The van der Waals surface area contributed by atoms with E-state index in [1.165, 1.54) is 0 Å². The van der Waals surface area contributed by atoms with Gasteiger partial charge in [-0.3, -0.25) is 9.89 Å². The van der Waals surface area contributed by atoms with Crippen LogP contribution in [0.25, 0.3) is 0 Å². The van der Waals surface area contributed by atoms with E-state index in [2.05, 4.69) is 5.10 Å². The van der Waals surface area contributed by atoms with Crippen LogP contribution in [-0.2, 0) is 6.18 Å². The zero-order valence-corrected chi connectivity index (χ0v) is 8.56. The molecule has 0 saturated carbocycles. The molecule has 0 unspecified atom stereocenters. The van der Waals surface area contributed by atoms with E-state index in [4.69, 9.17) is 0 Å². The first-order valence-electron chi connectivity index (χ1n) is 4.78. The number of nitrogens with zero attached hydrogens (tertiary/aromatic N) is 1. The van der Waals surface area contributed by atoms with Crippen LogP contribution in [0.15, 0.2) is 10.9 Å². The molecule has 0 aliphatic rings. The molecule has 1 rings (SSSR count). The third-order valence-corrected chi connectivity index (χ3v) is 2.36. The molecule has 0 spiro atoms. The van der Waals surface area contributed by atoms with E-state index in [0.29, 0.717) is 18.9 Å². The average Bonchev–Trinajstić information content (AvgIpc) is 2.50. The fraction of sp³-hybridized carbons (Fsp3) is 0.667. The third-order valence-electron chi connectivity index (χ3n) is 2.36. The Morgan fingerprint density at radius 1 is 1.40 bits per heavy atom. The van der Waals surface area contributed by atoms with Crippen LogP contribution in [-0.4, -0.2) is 9.78 Å². The molecular weight excluding hydrogens is 209 g/mol. The van der Waals surface area contributed by atoms with Gasteiger partial charge in [-0.1, -0.05) is 13.8 Å². The van der Waals surface area contributed by atoms with Crippen LogP contribution in [0.4, 0.5) is 13.2 Å². The Labute approximate surface area is 84.9 Å². The van der Waals surface area contributed by atoms with Crippen molar-refractivity contribution in [2.45, 2.75) is 38.9 Å². The van der Waals surface area contributed by atoms with E-state index < -0.39 is 17.4 Å². The van der Waals surface area contributed by atoms with Gasteiger partial charge in [0.25, 0.3) is 5.56 Å². The fourth-order valence-corrected chi connectivity index (χ4v) is 1.48. The normalized spacial score (nSPS) is 12.4. The molecule has 15 heavy (non-hydrogen) atoms. The van der Waals surface area contributed by atoms with Gasteiger partial charge < -0.3 is 0 Å². The minimum absolute atomic E-state index is 0.200. The molecule has 0 atom stereocenters. The second kappa shape index (κ2) is 4.12. The summed E-state index contributed by atoms with van der Waals surface area (Å²) in [5, 5.41) is 2.10. The molecule has 3 nitrogen and oxygen atoms in total. The van der Waals surface area contributed by atoms with Crippen molar-refractivity contribution >= 4 is 0 Å². The third kappa shape index (κ3) is 2.43. The predicted octanol–water partition coefficient (Wildman–Crippen LogP) is 2.56. The van der Waals surface area contributed by atoms with Gasteiger partial charge in [0.05, 0.1) is 6.04 Å². The van der Waals surface area contributed by atoms with Crippen molar-refractivity contribution in [3.63, 3.8) is 0 Å². The number of halogens is 3. The number of hydrogen-bond acceptors (Lipinski definition) is 1. The molecule has 86 valence electrons. The lowest BCUT2D eigenvalue weighted by atomic mass is 10.2. The Morgan fingerprint density at radius 3 is 2.27 bits per heavy atom. The second-order valence-corrected chi connectivity index (χ2v) is 3.35. The summed E-state index contributed by atoms with van der Waals surface area (Å²) in [6, 6.07) is 0.395. The van der Waals surface area contributed by atoms with Crippen LogP contribution in [0.1, 0.15) is 38.4 Å². The van der Waals surface area contributed by atoms with Gasteiger partial charge in [0.15, 0.2) is 0 Å². The number of hydrogen-bond donors (Lipinski definition) is 1. The van der Waals surface area contributed by atoms with E-state index >= 15 is 0 Å². The molecular formula is C9H13F3N2O. The smallest absolute Gasteiger partial charge is 0.291 e. The van der Waals surface area contributed by atoms with Gasteiger partial charge in [-0.15, -0.1) is 0 Å². The highest BCUT2D eigenvalue weighted by atomic mass is 19.4. The largest absolute Gasteiger partial charge is 0.432 e. The quantitative estimate of drug-likeness (QED) is 0.838. The predicted molar refractivity (Wildman–Crippen MR) is 49.7 cm³/mol. The molecule has 0 aliphatic carbocycles. The summed E-state index contributed by atoms with van der Waals surface area (Å²) in [6.07, 6.45) is -3.25. The van der Waals surface area contributed by atoms with E-state index in [1.807, 2.05) is 13.8 Å². The Balaban J connectivity index is 3.12. The zero-order chi connectivity index (χ0) is 11.6. The van der Waals surface area contributed by atoms with Gasteiger partial charge in [-0.05, 0) is 12.8 Å². The fourth-order valence-electron chi connectivity index (χ4n) is 1.48. The summed E-state index contributed by atoms with van der Waals surface area (Å²) in [7, 11) is 0. The van der Waals surface area contributed by atoms with Gasteiger partial charge >= 0.3 is 6.18 Å². The Hall–Kier alpha value is -1.20. The number of rotatable bonds is 3. The summed E-state index contributed by atoms with van der Waals surface area (Å²) in [5.74, 6) is 0. The molecule has 1 N–H and O–H groups in total. The summed E-state index contributed by atoms with van der Waals surface area (Å²) < 4.78 is 37.9. The Kier molecular flexibility index (Phi) is 3.26. The molecule has 6 heteroatoms. The van der Waals surface area contributed by atoms with E-state index in [1.54, 1.807) is 0 Å². The molecule has 0 aromatic carbocycles. The molecule has 0 saturated heterocycles. The van der Waals surface area contributed by atoms with E-state index in [9.17, 15) is 18.0 Å². The lowest BCUT2D eigenvalue weighted by Crippen LogP contribution is -2.21. The summed E-state index contributed by atoms with van der Waals surface area (Å²) in [6.45, 7) is 3.66. The molecule has 0 radical (unpaired) electrons. The number of H-pyrrole nitrogens is 1. The topological polar surface area (TPSA) is 37.8 Å². The van der Waals surface area contributed by atoms with Gasteiger partial charge in [0, 0.05) is 6.07 Å². The van der Waals surface area contributed by atoms with Crippen LogP contribution in [0.3, 0.4) is 0 Å². The number of aromatic amines is 1. The summed E-state index contributed by atoms with van der Waals surface area (Å²) in [5.41, 5.74) is -1.62. The zero-order valence-electron chi connectivity index (χ0n) is 8.56. The second-order valence-electron chi connectivity index (χ2n) is 3.35. The molecule has 0 fully saturated rings. The van der Waals surface area contributed by atoms with Crippen LogP contribution in [0, 0.1) is 0 Å². The lowest BCUT2D eigenvalue weighted by molar-refractivity contribution is -0.141. The van der Waals surface area contributed by atoms with Crippen molar-refractivity contribution in [2.24, 2.45) is 0 Å². The van der Waals surface area contributed by atoms with Crippen LogP contribution < -0.4 is 5.56 Å². The Bertz CT molecular complexity index is 373. The van der Waals surface area contributed by atoms with Crippen molar-refractivity contribution in [3.05, 3.63) is 22.1 Å². The van der Waals surface area contributed by atoms with Crippen LogP contribution in [0.5, 0.6) is 0 Å². The van der Waals surface area contributed by atoms with E-state index in [-0.39, 0.29) is 6.04 Å². The maximum absolute atomic E-state index is 12.3. The molecule has 1 aromatic rings. The molecule has 0 bridgehead atoms. The first-order valence-corrected chi connectivity index (χ1v) is 4.78. The highest BCUT2D eigenvalue weighted by Crippen LogP contribution is 2.27. The maximum atomic E-state index is 12.3. The number of alkyl halides is 3. The van der Waals surface area contributed by atoms with Gasteiger partial charge in [0.1, 0.15) is 5.69 Å². The first kappa shape index (κ1) is 11.9. The highest BCUT2D eigenvalue weighted by molar-refractivity contribution is 5.04. The van der Waals surface area contributed by atoms with Crippen molar-refractivity contribution in [1.29, 1.82) is 0 Å². The molecule has 1 heterocycles. The van der Waals surface area contributed by atoms with Crippen LogP contribution in [0.2, 0.25) is 0 Å². The highest BCUT2D eigenvalue weighted by Gasteiger charge is 2.34. The first-order chi connectivity index (χ1) is 6.90. The van der Waals surface area contributed by atoms with Crippen LogP contribution >= 0.6 is 0 Å². The molecule has 0 aliphatic heterocycles. The summed E-state index contributed by atoms with van der Waals surface area (Å²) in [4.78, 5) is 11.3. The Morgan fingerprint density at radius 2 is 1.93 bits per heavy atom.